The number of unbranched alkanes of at least 4 members (excludes halogenated alkanes) is 4. The Labute approximate surface area is 131 Å². The smallest absolute Gasteiger partial charge is 0.287 e. The van der Waals surface area contributed by atoms with Crippen LogP contribution in [0.1, 0.15) is 65.2 Å². The Balaban J connectivity index is 4.70. The minimum atomic E-state index is -1.01. The predicted molar refractivity (Wildman–Crippen MR) is 86.3 cm³/mol. The van der Waals surface area contributed by atoms with Gasteiger partial charge in [-0.05, 0) is 12.8 Å². The van der Waals surface area contributed by atoms with Crippen LogP contribution >= 0.6 is 0 Å². The fraction of sp³-hybridized carbons (Fsp3) is 1.00. The minimum absolute atomic E-state index is 0.0682. The van der Waals surface area contributed by atoms with Crippen LogP contribution in [-0.4, -0.2) is 40.5 Å². The van der Waals surface area contributed by atoms with Crippen LogP contribution in [0.2, 0.25) is 0 Å². The van der Waals surface area contributed by atoms with Crippen molar-refractivity contribution in [3.05, 3.63) is 0 Å². The molecule has 2 atom stereocenters. The quantitative estimate of drug-likeness (QED) is 0.353. The zero-order chi connectivity index (χ0) is 16.1. The topological polar surface area (TPSA) is 36.9 Å². The fourth-order valence-corrected chi connectivity index (χ4v) is 3.04. The second-order valence-electron chi connectivity index (χ2n) is 5.59. The fourth-order valence-electron chi connectivity index (χ4n) is 3.04. The Hall–Kier alpha value is -0.160. The van der Waals surface area contributed by atoms with E-state index in [1.54, 1.807) is 28.4 Å². The van der Waals surface area contributed by atoms with Gasteiger partial charge in [0.2, 0.25) is 0 Å². The van der Waals surface area contributed by atoms with Crippen LogP contribution in [0, 0.1) is 5.92 Å². The van der Waals surface area contributed by atoms with E-state index in [1.807, 2.05) is 0 Å². The normalized spacial score (nSPS) is 15.1. The van der Waals surface area contributed by atoms with Crippen molar-refractivity contribution in [3.63, 3.8) is 0 Å². The van der Waals surface area contributed by atoms with Gasteiger partial charge in [-0.1, -0.05) is 52.4 Å². The lowest BCUT2D eigenvalue weighted by Gasteiger charge is -2.40. The third kappa shape index (κ3) is 6.64. The molecule has 0 aliphatic rings. The summed E-state index contributed by atoms with van der Waals surface area (Å²) in [5.74, 6) is -0.946. The van der Waals surface area contributed by atoms with Gasteiger partial charge in [0.1, 0.15) is 0 Å². The number of hydrogen-bond acceptors (Lipinski definition) is 4. The summed E-state index contributed by atoms with van der Waals surface area (Å²) in [5.41, 5.74) is 0. The lowest BCUT2D eigenvalue weighted by Crippen LogP contribution is -2.49. The van der Waals surface area contributed by atoms with Crippen LogP contribution < -0.4 is 0 Å². The van der Waals surface area contributed by atoms with Crippen LogP contribution in [0.4, 0.5) is 0 Å². The molecule has 4 nitrogen and oxygen atoms in total. The molecule has 0 aromatic rings. The molecule has 0 radical (unpaired) electrons. The molecule has 0 rings (SSSR count). The Morgan fingerprint density at radius 3 is 1.71 bits per heavy atom. The molecule has 0 aliphatic carbocycles. The molecule has 0 N–H and O–H groups in total. The first kappa shape index (κ1) is 20.8. The molecular formula is C17H36O4. The molecule has 128 valence electrons. The second-order valence-corrected chi connectivity index (χ2v) is 5.59. The summed E-state index contributed by atoms with van der Waals surface area (Å²) in [6.07, 6.45) is 9.41. The molecule has 0 heterocycles. The largest absolute Gasteiger partial charge is 0.381 e. The van der Waals surface area contributed by atoms with E-state index >= 15 is 0 Å². The van der Waals surface area contributed by atoms with Crippen molar-refractivity contribution < 1.29 is 18.9 Å². The van der Waals surface area contributed by atoms with E-state index in [2.05, 4.69) is 13.8 Å². The van der Waals surface area contributed by atoms with Crippen molar-refractivity contribution in [2.75, 3.05) is 28.4 Å². The van der Waals surface area contributed by atoms with Gasteiger partial charge in [-0.15, -0.1) is 0 Å². The van der Waals surface area contributed by atoms with Crippen molar-refractivity contribution in [2.45, 2.75) is 77.3 Å². The van der Waals surface area contributed by atoms with E-state index in [9.17, 15) is 0 Å². The third-order valence-electron chi connectivity index (χ3n) is 4.25. The Bertz CT molecular complexity index is 221. The average molecular weight is 304 g/mol. The van der Waals surface area contributed by atoms with Crippen molar-refractivity contribution in [3.8, 4) is 0 Å². The van der Waals surface area contributed by atoms with Crippen LogP contribution in [0.5, 0.6) is 0 Å². The summed E-state index contributed by atoms with van der Waals surface area (Å²) in [5, 5.41) is 0. The van der Waals surface area contributed by atoms with Crippen molar-refractivity contribution in [2.24, 2.45) is 5.92 Å². The van der Waals surface area contributed by atoms with E-state index in [4.69, 9.17) is 18.9 Å². The molecule has 2 unspecified atom stereocenters. The first-order valence-corrected chi connectivity index (χ1v) is 8.33. The van der Waals surface area contributed by atoms with Crippen molar-refractivity contribution >= 4 is 0 Å². The molecular weight excluding hydrogens is 268 g/mol. The molecule has 0 spiro atoms. The summed E-state index contributed by atoms with van der Waals surface area (Å²) >= 11 is 0. The van der Waals surface area contributed by atoms with E-state index < -0.39 is 5.97 Å². The lowest BCUT2D eigenvalue weighted by molar-refractivity contribution is -0.389. The van der Waals surface area contributed by atoms with Crippen molar-refractivity contribution in [1.29, 1.82) is 0 Å². The third-order valence-corrected chi connectivity index (χ3v) is 4.25. The molecule has 0 amide bonds. The summed E-state index contributed by atoms with van der Waals surface area (Å²) in [6, 6.07) is 0. The molecule has 0 fully saturated rings. The van der Waals surface area contributed by atoms with Gasteiger partial charge in [-0.3, -0.25) is 0 Å². The highest BCUT2D eigenvalue weighted by Crippen LogP contribution is 2.34. The number of hydrogen-bond donors (Lipinski definition) is 0. The summed E-state index contributed by atoms with van der Waals surface area (Å²) < 4.78 is 22.4. The Kier molecular flexibility index (Phi) is 12.3. The Morgan fingerprint density at radius 1 is 0.714 bits per heavy atom. The van der Waals surface area contributed by atoms with Gasteiger partial charge in [0, 0.05) is 28.4 Å². The van der Waals surface area contributed by atoms with Gasteiger partial charge < -0.3 is 18.9 Å². The van der Waals surface area contributed by atoms with Gasteiger partial charge in [-0.2, -0.15) is 0 Å². The SMILES string of the molecule is CCCCCCCC(OC)C(CCC)C(OC)(OC)OC. The van der Waals surface area contributed by atoms with E-state index in [0.29, 0.717) is 0 Å². The van der Waals surface area contributed by atoms with Crippen LogP contribution in [-0.2, 0) is 18.9 Å². The molecule has 0 saturated heterocycles. The number of rotatable bonds is 14. The lowest BCUT2D eigenvalue weighted by atomic mass is 9.90. The Morgan fingerprint density at radius 2 is 1.29 bits per heavy atom. The summed E-state index contributed by atoms with van der Waals surface area (Å²) in [7, 11) is 6.65. The van der Waals surface area contributed by atoms with Gasteiger partial charge >= 0.3 is 0 Å². The highest BCUT2D eigenvalue weighted by molar-refractivity contribution is 4.79. The van der Waals surface area contributed by atoms with Crippen LogP contribution in [0.25, 0.3) is 0 Å². The first-order chi connectivity index (χ1) is 10.2. The van der Waals surface area contributed by atoms with Gasteiger partial charge in [0.15, 0.2) is 0 Å². The maximum atomic E-state index is 5.74. The van der Waals surface area contributed by atoms with Gasteiger partial charge in [0.25, 0.3) is 5.97 Å². The van der Waals surface area contributed by atoms with Crippen LogP contribution in [0.3, 0.4) is 0 Å². The summed E-state index contributed by atoms with van der Waals surface area (Å²) in [4.78, 5) is 0. The van der Waals surface area contributed by atoms with Gasteiger partial charge in [0.05, 0.1) is 12.0 Å². The van der Waals surface area contributed by atoms with E-state index in [0.717, 1.165) is 19.3 Å². The molecule has 0 saturated carbocycles. The number of ether oxygens (including phenoxy) is 4. The predicted octanol–water partition coefficient (Wildman–Crippen LogP) is 4.37. The van der Waals surface area contributed by atoms with Crippen LogP contribution in [0.15, 0.2) is 0 Å². The van der Waals surface area contributed by atoms with Gasteiger partial charge in [-0.25, -0.2) is 0 Å². The molecule has 0 aromatic heterocycles. The maximum Gasteiger partial charge on any atom is 0.287 e. The summed E-state index contributed by atoms with van der Waals surface area (Å²) in [6.45, 7) is 4.39. The molecule has 0 aliphatic heterocycles. The number of methoxy groups -OCH3 is 4. The molecule has 21 heavy (non-hydrogen) atoms. The second kappa shape index (κ2) is 12.4. The van der Waals surface area contributed by atoms with Crippen molar-refractivity contribution in [1.82, 2.24) is 0 Å². The average Bonchev–Trinajstić information content (AvgIpc) is 2.52. The first-order valence-electron chi connectivity index (χ1n) is 8.33. The monoisotopic (exact) mass is 304 g/mol. The highest BCUT2D eigenvalue weighted by atomic mass is 16.9. The van der Waals surface area contributed by atoms with E-state index in [-0.39, 0.29) is 12.0 Å². The molecule has 4 heteroatoms. The molecule has 0 bridgehead atoms. The zero-order valence-corrected chi connectivity index (χ0v) is 14.9. The minimum Gasteiger partial charge on any atom is -0.381 e. The highest BCUT2D eigenvalue weighted by Gasteiger charge is 2.44. The standard InChI is InChI=1S/C17H36O4/c1-7-9-10-11-12-14-16(18-3)15(13-8-2)17(19-4,20-5)21-6/h15-16H,7-14H2,1-6H3. The zero-order valence-electron chi connectivity index (χ0n) is 14.9. The molecule has 0 aromatic carbocycles. The maximum absolute atomic E-state index is 5.74. The van der Waals surface area contributed by atoms with E-state index in [1.165, 1.54) is 32.1 Å².